The summed E-state index contributed by atoms with van der Waals surface area (Å²) < 4.78 is 0. The first kappa shape index (κ1) is 13.5. The van der Waals surface area contributed by atoms with E-state index < -0.39 is 0 Å². The van der Waals surface area contributed by atoms with Gasteiger partial charge in [-0.25, -0.2) is 0 Å². The average molecular weight is 164 g/mol. The molecular weight excluding hydrogens is 144 g/mol. The predicted molar refractivity (Wildman–Crippen MR) is 59.3 cm³/mol. The molecule has 0 N–H and O–H groups in total. The molecule has 0 aromatic carbocycles. The summed E-state index contributed by atoms with van der Waals surface area (Å²) in [5.74, 6) is 0. The highest BCUT2D eigenvalue weighted by Crippen LogP contribution is 1.85. The van der Waals surface area contributed by atoms with Crippen LogP contribution < -0.4 is 0 Å². The fraction of sp³-hybridized carbons (Fsp3) is 0.333. The van der Waals surface area contributed by atoms with Crippen molar-refractivity contribution in [2.75, 3.05) is 0 Å². The number of hydrogen-bond donors (Lipinski definition) is 0. The Labute approximate surface area is 77.0 Å². The van der Waals surface area contributed by atoms with E-state index in [0.29, 0.717) is 0 Å². The van der Waals surface area contributed by atoms with Gasteiger partial charge in [-0.2, -0.15) is 0 Å². The third-order valence-electron chi connectivity index (χ3n) is 0.902. The molecule has 0 aromatic rings. The monoisotopic (exact) mass is 164 g/mol. The van der Waals surface area contributed by atoms with Crippen LogP contribution in [0.25, 0.3) is 0 Å². The zero-order valence-electron chi connectivity index (χ0n) is 8.72. The lowest BCUT2D eigenvalue weighted by molar-refractivity contribution is 1.54. The molecule has 0 spiro atoms. The van der Waals surface area contributed by atoms with E-state index in [9.17, 15) is 0 Å². The summed E-state index contributed by atoms with van der Waals surface area (Å²) in [4.78, 5) is 0. The molecule has 0 fully saturated rings. The van der Waals surface area contributed by atoms with Crippen molar-refractivity contribution in [2.45, 2.75) is 27.7 Å². The van der Waals surface area contributed by atoms with E-state index in [1.165, 1.54) is 0 Å². The second-order valence-electron chi connectivity index (χ2n) is 2.69. The highest BCUT2D eigenvalue weighted by Gasteiger charge is 1.64. The van der Waals surface area contributed by atoms with Gasteiger partial charge in [-0.15, -0.1) is 0 Å². The Morgan fingerprint density at radius 3 is 1.08 bits per heavy atom. The van der Waals surface area contributed by atoms with E-state index in [1.54, 1.807) is 0 Å². The molecule has 68 valence electrons. The van der Waals surface area contributed by atoms with Crippen molar-refractivity contribution in [1.82, 2.24) is 0 Å². The number of allylic oxidation sites excluding steroid dienone is 6. The van der Waals surface area contributed by atoms with Gasteiger partial charge in [0.15, 0.2) is 0 Å². The Morgan fingerprint density at radius 1 is 0.833 bits per heavy atom. The van der Waals surface area contributed by atoms with Gasteiger partial charge >= 0.3 is 0 Å². The van der Waals surface area contributed by atoms with Crippen molar-refractivity contribution in [3.8, 4) is 0 Å². The molecule has 0 nitrogen and oxygen atoms in total. The zero-order valence-corrected chi connectivity index (χ0v) is 8.72. The molecule has 0 heteroatoms. The summed E-state index contributed by atoms with van der Waals surface area (Å²) in [6, 6.07) is 0. The molecule has 0 saturated heterocycles. The molecule has 0 amide bonds. The lowest BCUT2D eigenvalue weighted by Gasteiger charge is -1.75. The number of rotatable bonds is 2. The van der Waals surface area contributed by atoms with Crippen LogP contribution in [0, 0.1) is 0 Å². The fourth-order valence-electron chi connectivity index (χ4n) is 0.569. The molecule has 0 aliphatic rings. The van der Waals surface area contributed by atoms with Gasteiger partial charge in [0.05, 0.1) is 0 Å². The third kappa shape index (κ3) is 23.1. The molecule has 0 rings (SSSR count). The molecule has 0 bridgehead atoms. The lowest BCUT2D eigenvalue weighted by atomic mass is 10.3. The molecule has 0 atom stereocenters. The van der Waals surface area contributed by atoms with Gasteiger partial charge in [0, 0.05) is 0 Å². The summed E-state index contributed by atoms with van der Waals surface area (Å²) in [6.07, 6.45) is 7.89. The van der Waals surface area contributed by atoms with E-state index in [-0.39, 0.29) is 0 Å². The highest BCUT2D eigenvalue weighted by molar-refractivity contribution is 5.09. The van der Waals surface area contributed by atoms with Gasteiger partial charge < -0.3 is 0 Å². The molecule has 0 unspecified atom stereocenters. The summed E-state index contributed by atoms with van der Waals surface area (Å²) in [7, 11) is 0. The van der Waals surface area contributed by atoms with Gasteiger partial charge in [-0.3, -0.25) is 0 Å². The van der Waals surface area contributed by atoms with Crippen LogP contribution in [0.4, 0.5) is 0 Å². The first-order chi connectivity index (χ1) is 5.54. The van der Waals surface area contributed by atoms with Crippen molar-refractivity contribution < 1.29 is 0 Å². The SMILES string of the molecule is C=C(C)/C=C/C.C=C(C)/C=C\C. The minimum absolute atomic E-state index is 1.11. The van der Waals surface area contributed by atoms with Gasteiger partial charge in [0.2, 0.25) is 0 Å². The third-order valence-corrected chi connectivity index (χ3v) is 0.902. The smallest absolute Gasteiger partial charge is 0.0404 e. The van der Waals surface area contributed by atoms with Crippen LogP contribution in [0.5, 0.6) is 0 Å². The second-order valence-corrected chi connectivity index (χ2v) is 2.69. The Hall–Kier alpha value is -1.04. The Balaban J connectivity index is 0. The summed E-state index contributed by atoms with van der Waals surface area (Å²) in [5.41, 5.74) is 2.22. The maximum atomic E-state index is 3.66. The quantitative estimate of drug-likeness (QED) is 0.534. The van der Waals surface area contributed by atoms with Gasteiger partial charge in [-0.1, -0.05) is 48.6 Å². The second kappa shape index (κ2) is 9.96. The molecule has 12 heavy (non-hydrogen) atoms. The maximum absolute atomic E-state index is 3.66. The van der Waals surface area contributed by atoms with E-state index in [4.69, 9.17) is 0 Å². The highest BCUT2D eigenvalue weighted by atomic mass is 13.7. The molecule has 0 radical (unpaired) electrons. The van der Waals surface area contributed by atoms with Crippen molar-refractivity contribution in [2.24, 2.45) is 0 Å². The summed E-state index contributed by atoms with van der Waals surface area (Å²) in [5, 5.41) is 0. The largest absolute Gasteiger partial charge is 0.0961 e. The van der Waals surface area contributed by atoms with Crippen LogP contribution >= 0.6 is 0 Å². The van der Waals surface area contributed by atoms with E-state index in [0.717, 1.165) is 11.1 Å². The van der Waals surface area contributed by atoms with Crippen LogP contribution in [-0.4, -0.2) is 0 Å². The first-order valence-corrected chi connectivity index (χ1v) is 4.11. The van der Waals surface area contributed by atoms with Gasteiger partial charge in [0.25, 0.3) is 0 Å². The summed E-state index contributed by atoms with van der Waals surface area (Å²) >= 11 is 0. The predicted octanol–water partition coefficient (Wildman–Crippen LogP) is 4.28. The van der Waals surface area contributed by atoms with Crippen molar-refractivity contribution in [3.63, 3.8) is 0 Å². The van der Waals surface area contributed by atoms with Crippen molar-refractivity contribution in [3.05, 3.63) is 48.6 Å². The molecule has 0 saturated carbocycles. The lowest BCUT2D eigenvalue weighted by Crippen LogP contribution is -1.54. The molecule has 0 aliphatic heterocycles. The Morgan fingerprint density at radius 2 is 1.08 bits per heavy atom. The first-order valence-electron chi connectivity index (χ1n) is 4.11. The van der Waals surface area contributed by atoms with E-state index in [2.05, 4.69) is 13.2 Å². The van der Waals surface area contributed by atoms with E-state index >= 15 is 0 Å². The van der Waals surface area contributed by atoms with Gasteiger partial charge in [0.1, 0.15) is 0 Å². The van der Waals surface area contributed by atoms with Crippen LogP contribution in [0.15, 0.2) is 48.6 Å². The van der Waals surface area contributed by atoms with Crippen LogP contribution in [0.3, 0.4) is 0 Å². The number of hydrogen-bond acceptors (Lipinski definition) is 0. The minimum atomic E-state index is 1.11. The zero-order chi connectivity index (χ0) is 9.98. The fourth-order valence-corrected chi connectivity index (χ4v) is 0.569. The maximum Gasteiger partial charge on any atom is -0.0404 e. The Kier molecular flexibility index (Phi) is 11.2. The van der Waals surface area contributed by atoms with Crippen LogP contribution in [0.1, 0.15) is 27.7 Å². The van der Waals surface area contributed by atoms with E-state index in [1.807, 2.05) is 52.0 Å². The topological polar surface area (TPSA) is 0 Å². The van der Waals surface area contributed by atoms with Gasteiger partial charge in [-0.05, 0) is 27.7 Å². The molecular formula is C12H20. The van der Waals surface area contributed by atoms with Crippen molar-refractivity contribution >= 4 is 0 Å². The van der Waals surface area contributed by atoms with Crippen LogP contribution in [-0.2, 0) is 0 Å². The molecule has 0 aromatic heterocycles. The standard InChI is InChI=1S/2C6H10/c2*1-4-5-6(2)3/h2*4-5H,2H2,1,3H3/b5-4+;5-4-. The molecule has 0 heterocycles. The average Bonchev–Trinajstić information content (AvgIpc) is 1.87. The van der Waals surface area contributed by atoms with Crippen molar-refractivity contribution in [1.29, 1.82) is 0 Å². The molecule has 0 aliphatic carbocycles. The summed E-state index contributed by atoms with van der Waals surface area (Å²) in [6.45, 7) is 15.2. The minimum Gasteiger partial charge on any atom is -0.0961 e. The van der Waals surface area contributed by atoms with Crippen LogP contribution in [0.2, 0.25) is 0 Å². The normalized spacial score (nSPS) is 9.67. The Bertz CT molecular complexity index is 158.